The quantitative estimate of drug-likeness (QED) is 0.398. The molecule has 1 rings (SSSR count). The van der Waals surface area contributed by atoms with E-state index in [4.69, 9.17) is 9.47 Å². The lowest BCUT2D eigenvalue weighted by Crippen LogP contribution is -2.05. The molecule has 0 heterocycles. The van der Waals surface area contributed by atoms with Crippen LogP contribution >= 0.6 is 67.8 Å². The second-order valence-corrected chi connectivity index (χ2v) is 6.81. The first-order valence-corrected chi connectivity index (χ1v) is 7.97. The molecule has 16 heavy (non-hydrogen) atoms. The van der Waals surface area contributed by atoms with Crippen LogP contribution in [-0.4, -0.2) is 14.2 Å². The summed E-state index contributed by atoms with van der Waals surface area (Å²) in [7, 11) is 3.37. The molecule has 1 aromatic carbocycles. The Hall–Kier alpha value is 1.01. The molecule has 90 valence electrons. The monoisotopic (exact) mass is 558 g/mol. The number of halogens is 3. The van der Waals surface area contributed by atoms with Gasteiger partial charge in [-0.1, -0.05) is 13.8 Å². The van der Waals surface area contributed by atoms with Gasteiger partial charge in [0, 0.05) is 3.57 Å². The summed E-state index contributed by atoms with van der Waals surface area (Å²) in [6.45, 7) is 4.39. The van der Waals surface area contributed by atoms with Gasteiger partial charge in [0.05, 0.1) is 21.4 Å². The minimum Gasteiger partial charge on any atom is -0.492 e. The molecule has 5 heteroatoms. The number of hydrogen-bond acceptors (Lipinski definition) is 2. The van der Waals surface area contributed by atoms with Gasteiger partial charge in [-0.05, 0) is 79.3 Å². The molecule has 0 radical (unpaired) electrons. The third-order valence-corrected chi connectivity index (χ3v) is 6.51. The Kier molecular flexibility index (Phi) is 5.89. The summed E-state index contributed by atoms with van der Waals surface area (Å²) in [6.07, 6.45) is 0. The Bertz CT molecular complexity index is 403. The Morgan fingerprint density at radius 1 is 0.812 bits per heavy atom. The lowest BCUT2D eigenvalue weighted by molar-refractivity contribution is 0.349. The normalized spacial score (nSPS) is 10.8. The van der Waals surface area contributed by atoms with Crippen LogP contribution in [0.5, 0.6) is 11.5 Å². The van der Waals surface area contributed by atoms with E-state index in [2.05, 4.69) is 81.6 Å². The van der Waals surface area contributed by atoms with Crippen molar-refractivity contribution < 1.29 is 9.47 Å². The van der Waals surface area contributed by atoms with Gasteiger partial charge in [-0.3, -0.25) is 0 Å². The highest BCUT2D eigenvalue weighted by molar-refractivity contribution is 14.1. The molecule has 0 spiro atoms. The smallest absolute Gasteiger partial charge is 0.176 e. The second kappa shape index (κ2) is 6.26. The Balaban J connectivity index is 3.62. The molecule has 0 saturated carbocycles. The standard InChI is InChI=1S/C11H13I3O2/c1-5(2)6-7(12)9(14)11(16-4)10(15-3)8(6)13/h5H,1-4H3. The van der Waals surface area contributed by atoms with E-state index in [0.717, 1.165) is 18.6 Å². The van der Waals surface area contributed by atoms with Crippen LogP contribution in [0.4, 0.5) is 0 Å². The van der Waals surface area contributed by atoms with Gasteiger partial charge in [-0.25, -0.2) is 0 Å². The van der Waals surface area contributed by atoms with Crippen molar-refractivity contribution >= 4 is 67.8 Å². The largest absolute Gasteiger partial charge is 0.492 e. The minimum atomic E-state index is 0.479. The van der Waals surface area contributed by atoms with Crippen LogP contribution < -0.4 is 9.47 Å². The number of rotatable bonds is 3. The van der Waals surface area contributed by atoms with E-state index < -0.39 is 0 Å². The fourth-order valence-corrected chi connectivity index (χ4v) is 5.27. The van der Waals surface area contributed by atoms with Crippen molar-refractivity contribution in [2.45, 2.75) is 19.8 Å². The summed E-state index contributed by atoms with van der Waals surface area (Å²) in [5, 5.41) is 0. The molecular formula is C11H13I3O2. The van der Waals surface area contributed by atoms with Crippen LogP contribution in [0.1, 0.15) is 25.3 Å². The summed E-state index contributed by atoms with van der Waals surface area (Å²) in [4.78, 5) is 0. The molecule has 0 unspecified atom stereocenters. The SMILES string of the molecule is COc1c(I)c(I)c(C(C)C)c(I)c1OC. The second-order valence-electron chi connectivity index (χ2n) is 3.58. The lowest BCUT2D eigenvalue weighted by atomic mass is 10.0. The summed E-state index contributed by atoms with van der Waals surface area (Å²) < 4.78 is 14.4. The summed E-state index contributed by atoms with van der Waals surface area (Å²) >= 11 is 7.03. The molecule has 0 fully saturated rings. The van der Waals surface area contributed by atoms with Crippen molar-refractivity contribution in [1.82, 2.24) is 0 Å². The van der Waals surface area contributed by atoms with Crippen LogP contribution in [0.3, 0.4) is 0 Å². The first-order valence-electron chi connectivity index (χ1n) is 4.74. The average Bonchev–Trinajstić information content (AvgIpc) is 2.22. The van der Waals surface area contributed by atoms with Crippen molar-refractivity contribution in [3.63, 3.8) is 0 Å². The Labute approximate surface area is 137 Å². The molecule has 0 N–H and O–H groups in total. The molecule has 0 saturated heterocycles. The average molecular weight is 558 g/mol. The van der Waals surface area contributed by atoms with Crippen molar-refractivity contribution in [3.8, 4) is 11.5 Å². The molecule has 1 aromatic rings. The van der Waals surface area contributed by atoms with Crippen LogP contribution in [0.2, 0.25) is 0 Å². The molecule has 2 nitrogen and oxygen atoms in total. The minimum absolute atomic E-state index is 0.479. The summed E-state index contributed by atoms with van der Waals surface area (Å²) in [6, 6.07) is 0. The summed E-state index contributed by atoms with van der Waals surface area (Å²) in [5.74, 6) is 2.16. The van der Waals surface area contributed by atoms with Crippen LogP contribution in [0.15, 0.2) is 0 Å². The maximum atomic E-state index is 5.45. The van der Waals surface area contributed by atoms with Crippen molar-refractivity contribution in [3.05, 3.63) is 16.3 Å². The zero-order chi connectivity index (χ0) is 12.5. The fraction of sp³-hybridized carbons (Fsp3) is 0.455. The molecular weight excluding hydrogens is 545 g/mol. The molecule has 0 atom stereocenters. The Morgan fingerprint density at radius 3 is 1.62 bits per heavy atom. The maximum absolute atomic E-state index is 5.45. The predicted molar refractivity (Wildman–Crippen MR) is 91.8 cm³/mol. The Morgan fingerprint density at radius 2 is 1.25 bits per heavy atom. The topological polar surface area (TPSA) is 18.5 Å². The van der Waals surface area contributed by atoms with Gasteiger partial charge < -0.3 is 9.47 Å². The number of ether oxygens (including phenoxy) is 2. The number of benzene rings is 1. The van der Waals surface area contributed by atoms with Gasteiger partial charge in [-0.15, -0.1) is 0 Å². The van der Waals surface area contributed by atoms with E-state index in [0.29, 0.717) is 5.92 Å². The van der Waals surface area contributed by atoms with E-state index in [1.54, 1.807) is 14.2 Å². The van der Waals surface area contributed by atoms with E-state index in [-0.39, 0.29) is 0 Å². The van der Waals surface area contributed by atoms with Gasteiger partial charge in [-0.2, -0.15) is 0 Å². The first-order chi connectivity index (χ1) is 7.45. The van der Waals surface area contributed by atoms with Gasteiger partial charge in [0.15, 0.2) is 11.5 Å². The molecule has 0 aliphatic carbocycles. The van der Waals surface area contributed by atoms with Crippen LogP contribution in [-0.2, 0) is 0 Å². The fourth-order valence-electron chi connectivity index (χ4n) is 1.51. The van der Waals surface area contributed by atoms with Gasteiger partial charge in [0.1, 0.15) is 0 Å². The highest BCUT2D eigenvalue weighted by Gasteiger charge is 2.22. The van der Waals surface area contributed by atoms with E-state index in [1.807, 2.05) is 0 Å². The zero-order valence-corrected chi connectivity index (χ0v) is 16.0. The molecule has 0 aromatic heterocycles. The van der Waals surface area contributed by atoms with E-state index in [9.17, 15) is 0 Å². The van der Waals surface area contributed by atoms with E-state index >= 15 is 0 Å². The van der Waals surface area contributed by atoms with E-state index in [1.165, 1.54) is 9.13 Å². The van der Waals surface area contributed by atoms with Crippen molar-refractivity contribution in [1.29, 1.82) is 0 Å². The highest BCUT2D eigenvalue weighted by atomic mass is 127. The molecule has 0 amide bonds. The zero-order valence-electron chi connectivity index (χ0n) is 9.53. The number of methoxy groups -OCH3 is 2. The van der Waals surface area contributed by atoms with Crippen LogP contribution in [0, 0.1) is 10.7 Å². The first kappa shape index (κ1) is 15.1. The maximum Gasteiger partial charge on any atom is 0.176 e. The third kappa shape index (κ3) is 2.70. The molecule has 0 bridgehead atoms. The predicted octanol–water partition coefficient (Wildman–Crippen LogP) is 4.64. The third-order valence-electron chi connectivity index (χ3n) is 2.26. The molecule has 0 aliphatic heterocycles. The highest BCUT2D eigenvalue weighted by Crippen LogP contribution is 2.44. The van der Waals surface area contributed by atoms with Crippen LogP contribution in [0.25, 0.3) is 0 Å². The van der Waals surface area contributed by atoms with Gasteiger partial charge >= 0.3 is 0 Å². The lowest BCUT2D eigenvalue weighted by Gasteiger charge is -2.19. The van der Waals surface area contributed by atoms with Gasteiger partial charge in [0.2, 0.25) is 0 Å². The molecule has 0 aliphatic rings. The summed E-state index contributed by atoms with van der Waals surface area (Å²) in [5.41, 5.74) is 1.34. The van der Waals surface area contributed by atoms with Crippen molar-refractivity contribution in [2.24, 2.45) is 0 Å². The van der Waals surface area contributed by atoms with Crippen molar-refractivity contribution in [2.75, 3.05) is 14.2 Å². The van der Waals surface area contributed by atoms with Gasteiger partial charge in [0.25, 0.3) is 0 Å². The number of hydrogen-bond donors (Lipinski definition) is 0.